The van der Waals surface area contributed by atoms with Gasteiger partial charge in [-0.1, -0.05) is 79.7 Å². The number of carbonyl (C=O) groups excluding carboxylic acids is 1. The lowest BCUT2D eigenvalue weighted by molar-refractivity contribution is -0.248. The molecule has 250 valence electrons. The van der Waals surface area contributed by atoms with Gasteiger partial charge in [-0.25, -0.2) is 4.79 Å². The highest BCUT2D eigenvalue weighted by Gasteiger charge is 2.73. The van der Waals surface area contributed by atoms with Gasteiger partial charge >= 0.3 is 5.97 Å². The summed E-state index contributed by atoms with van der Waals surface area (Å²) in [7, 11) is 0. The van der Waals surface area contributed by atoms with Gasteiger partial charge in [0.2, 0.25) is 0 Å². The molecule has 0 aromatic heterocycles. The van der Waals surface area contributed by atoms with Crippen LogP contribution in [0, 0.1) is 50.7 Å². The van der Waals surface area contributed by atoms with Gasteiger partial charge in [-0.05, 0) is 140 Å². The SMILES string of the molecule is C=C(CC[C@](C)(O)[C@H]1CC[C@]2(C)[C@]1(C)CC[C@@H]1[C@@]3(C)CC[C@H](OC(=O)/C=C\c4ccc(O)cc4)C(C)(C)C3CC[C@]12C)C(C)C. The van der Waals surface area contributed by atoms with Gasteiger partial charge in [0.1, 0.15) is 11.9 Å². The molecule has 0 bridgehead atoms. The molecule has 5 rings (SSSR count). The first-order chi connectivity index (χ1) is 20.8. The molecule has 4 fully saturated rings. The highest BCUT2D eigenvalue weighted by molar-refractivity contribution is 5.87. The molecule has 4 heteroatoms. The molecule has 4 nitrogen and oxygen atoms in total. The Morgan fingerprint density at radius 2 is 1.58 bits per heavy atom. The number of hydrogen-bond acceptors (Lipinski definition) is 4. The predicted molar refractivity (Wildman–Crippen MR) is 184 cm³/mol. The minimum atomic E-state index is -0.685. The monoisotopic (exact) mass is 618 g/mol. The smallest absolute Gasteiger partial charge is 0.331 e. The number of phenolic OH excluding ortho intramolecular Hbond substituents is 1. The second-order valence-electron chi connectivity index (χ2n) is 17.8. The number of benzene rings is 1. The molecule has 0 aliphatic heterocycles. The highest BCUT2D eigenvalue weighted by atomic mass is 16.5. The maximum absolute atomic E-state index is 13.0. The quantitative estimate of drug-likeness (QED) is 0.173. The number of fused-ring (bicyclic) bond motifs is 5. The van der Waals surface area contributed by atoms with E-state index in [0.717, 1.165) is 44.1 Å². The van der Waals surface area contributed by atoms with E-state index in [1.165, 1.54) is 37.3 Å². The number of allylic oxidation sites excluding steroid dienone is 1. The van der Waals surface area contributed by atoms with Gasteiger partial charge < -0.3 is 14.9 Å². The van der Waals surface area contributed by atoms with Gasteiger partial charge in [0.25, 0.3) is 0 Å². The zero-order chi connectivity index (χ0) is 33.2. The van der Waals surface area contributed by atoms with Crippen molar-refractivity contribution in [1.82, 2.24) is 0 Å². The summed E-state index contributed by atoms with van der Waals surface area (Å²) in [6.45, 7) is 25.9. The van der Waals surface area contributed by atoms with Crippen molar-refractivity contribution < 1.29 is 19.7 Å². The molecule has 0 spiro atoms. The normalized spacial score (nSPS) is 40.3. The van der Waals surface area contributed by atoms with Crippen molar-refractivity contribution in [3.8, 4) is 5.75 Å². The third-order valence-corrected chi connectivity index (χ3v) is 15.2. The number of aromatic hydroxyl groups is 1. The summed E-state index contributed by atoms with van der Waals surface area (Å²) in [5.41, 5.74) is 2.00. The van der Waals surface area contributed by atoms with E-state index < -0.39 is 5.60 Å². The molecule has 4 aliphatic carbocycles. The Morgan fingerprint density at radius 1 is 0.956 bits per heavy atom. The molecule has 1 aromatic rings. The number of esters is 1. The third-order valence-electron chi connectivity index (χ3n) is 15.2. The van der Waals surface area contributed by atoms with Gasteiger partial charge in [0.15, 0.2) is 0 Å². The molecule has 4 saturated carbocycles. The largest absolute Gasteiger partial charge is 0.508 e. The number of rotatable bonds is 8. The summed E-state index contributed by atoms with van der Waals surface area (Å²) >= 11 is 0. The maximum atomic E-state index is 13.0. The van der Waals surface area contributed by atoms with Crippen molar-refractivity contribution in [2.24, 2.45) is 50.7 Å². The van der Waals surface area contributed by atoms with Crippen LogP contribution in [-0.2, 0) is 9.53 Å². The van der Waals surface area contributed by atoms with Crippen LogP contribution >= 0.6 is 0 Å². The Hall–Kier alpha value is -2.07. The van der Waals surface area contributed by atoms with Crippen molar-refractivity contribution in [2.45, 2.75) is 138 Å². The van der Waals surface area contributed by atoms with Crippen LogP contribution in [0.25, 0.3) is 6.08 Å². The maximum Gasteiger partial charge on any atom is 0.331 e. The fourth-order valence-corrected chi connectivity index (χ4v) is 12.1. The van der Waals surface area contributed by atoms with Gasteiger partial charge in [-0.2, -0.15) is 0 Å². The molecule has 9 atom stereocenters. The number of hydrogen-bond donors (Lipinski definition) is 2. The van der Waals surface area contributed by atoms with Crippen molar-refractivity contribution in [3.63, 3.8) is 0 Å². The molecule has 45 heavy (non-hydrogen) atoms. The Morgan fingerprint density at radius 3 is 2.22 bits per heavy atom. The second-order valence-corrected chi connectivity index (χ2v) is 17.8. The average Bonchev–Trinajstić information content (AvgIpc) is 3.25. The zero-order valence-electron chi connectivity index (χ0n) is 29.8. The van der Waals surface area contributed by atoms with E-state index in [9.17, 15) is 15.0 Å². The minimum Gasteiger partial charge on any atom is -0.508 e. The van der Waals surface area contributed by atoms with Crippen LogP contribution in [0.2, 0.25) is 0 Å². The standard InChI is InChI=1S/C41H62O4/c1-27(2)28(3)17-25-40(9,44)33-20-26-41(10)38(7)23-18-31-36(4,5)34(21-22-37(31,6)32(38)19-24-39(33,41)8)45-35(43)16-13-29-11-14-30(42)15-12-29/h11-16,27,31-34,42,44H,3,17-26H2,1-2,4-10H3/b16-13-/t31?,32-,33+,34+,37+,38-,39-,40+,41+/m1/s1. The summed E-state index contributed by atoms with van der Waals surface area (Å²) in [4.78, 5) is 13.0. The molecule has 0 amide bonds. The van der Waals surface area contributed by atoms with Crippen molar-refractivity contribution >= 4 is 12.0 Å². The van der Waals surface area contributed by atoms with E-state index >= 15 is 0 Å². The van der Waals surface area contributed by atoms with Crippen LogP contribution < -0.4 is 0 Å². The highest BCUT2D eigenvalue weighted by Crippen LogP contribution is 2.79. The summed E-state index contributed by atoms with van der Waals surface area (Å²) < 4.78 is 6.21. The van der Waals surface area contributed by atoms with Crippen LogP contribution in [0.4, 0.5) is 0 Å². The fourth-order valence-electron chi connectivity index (χ4n) is 12.1. The Kier molecular flexibility index (Phi) is 8.81. The number of phenols is 1. The van der Waals surface area contributed by atoms with E-state index in [1.807, 2.05) is 0 Å². The zero-order valence-corrected chi connectivity index (χ0v) is 29.8. The van der Waals surface area contributed by atoms with Gasteiger partial charge in [0, 0.05) is 11.5 Å². The lowest BCUT2D eigenvalue weighted by atomic mass is 9.33. The number of aliphatic hydroxyl groups is 1. The van der Waals surface area contributed by atoms with Crippen LogP contribution in [0.1, 0.15) is 132 Å². The van der Waals surface area contributed by atoms with E-state index in [4.69, 9.17) is 4.74 Å². The molecule has 0 radical (unpaired) electrons. The van der Waals surface area contributed by atoms with Crippen LogP contribution in [0.3, 0.4) is 0 Å². The fraction of sp³-hybridized carbons (Fsp3) is 0.732. The first-order valence-corrected chi connectivity index (χ1v) is 17.9. The topological polar surface area (TPSA) is 66.8 Å². The molecular formula is C41H62O4. The number of carbonyl (C=O) groups is 1. The molecule has 1 aromatic carbocycles. The predicted octanol–water partition coefficient (Wildman–Crippen LogP) is 10.1. The first-order valence-electron chi connectivity index (χ1n) is 17.9. The molecule has 0 heterocycles. The first kappa shape index (κ1) is 34.3. The summed E-state index contributed by atoms with van der Waals surface area (Å²) in [6, 6.07) is 6.84. The summed E-state index contributed by atoms with van der Waals surface area (Å²) in [6.07, 6.45) is 14.0. The minimum absolute atomic E-state index is 0.104. The lowest BCUT2D eigenvalue weighted by Crippen LogP contribution is -2.66. The molecule has 2 N–H and O–H groups in total. The Labute approximate surface area is 274 Å². The Bertz CT molecular complexity index is 1310. The van der Waals surface area contributed by atoms with Gasteiger partial charge in [-0.15, -0.1) is 0 Å². The van der Waals surface area contributed by atoms with Gasteiger partial charge in [0.05, 0.1) is 5.60 Å². The van der Waals surface area contributed by atoms with Crippen LogP contribution in [-0.4, -0.2) is 27.9 Å². The lowest BCUT2D eigenvalue weighted by Gasteiger charge is -2.72. The van der Waals surface area contributed by atoms with Crippen molar-refractivity contribution in [2.75, 3.05) is 0 Å². The van der Waals surface area contributed by atoms with E-state index in [0.29, 0.717) is 23.7 Å². The summed E-state index contributed by atoms with van der Waals surface area (Å²) in [5, 5.41) is 21.6. The van der Waals surface area contributed by atoms with E-state index in [-0.39, 0.29) is 44.9 Å². The summed E-state index contributed by atoms with van der Waals surface area (Å²) in [5.74, 6) is 1.81. The molecule has 0 saturated heterocycles. The van der Waals surface area contributed by atoms with E-state index in [2.05, 4.69) is 68.9 Å². The van der Waals surface area contributed by atoms with Crippen LogP contribution in [0.5, 0.6) is 5.75 Å². The van der Waals surface area contributed by atoms with E-state index in [1.54, 1.807) is 30.3 Å². The van der Waals surface area contributed by atoms with Crippen molar-refractivity contribution in [3.05, 3.63) is 48.1 Å². The van der Waals surface area contributed by atoms with Crippen molar-refractivity contribution in [1.29, 1.82) is 0 Å². The molecule has 1 unspecified atom stereocenters. The van der Waals surface area contributed by atoms with Crippen LogP contribution in [0.15, 0.2) is 42.5 Å². The average molecular weight is 619 g/mol. The Balaban J connectivity index is 1.34. The third kappa shape index (κ3) is 5.43. The molecular weight excluding hydrogens is 556 g/mol. The number of ether oxygens (including phenoxy) is 1. The molecule has 4 aliphatic rings. The van der Waals surface area contributed by atoms with Gasteiger partial charge in [-0.3, -0.25) is 0 Å². The second kappa shape index (κ2) is 11.6.